The fourth-order valence-electron chi connectivity index (χ4n) is 2.91. The summed E-state index contributed by atoms with van der Waals surface area (Å²) in [6.07, 6.45) is 4.72. The standard InChI is InChI=1S/C13H19N3S/c1-15-8-6-13(15)7-9-16(10-13)11-4-3-5-12(14-11)17-2/h3-5H,6-10H2,1-2H3. The summed E-state index contributed by atoms with van der Waals surface area (Å²) in [7, 11) is 2.25. The lowest BCUT2D eigenvalue weighted by Gasteiger charge is -2.48. The van der Waals surface area contributed by atoms with Crippen LogP contribution in [-0.2, 0) is 0 Å². The number of pyridine rings is 1. The molecule has 0 radical (unpaired) electrons. The van der Waals surface area contributed by atoms with Crippen molar-refractivity contribution in [2.75, 3.05) is 37.8 Å². The van der Waals surface area contributed by atoms with Crippen LogP contribution in [0.15, 0.2) is 23.2 Å². The first kappa shape index (κ1) is 11.4. The van der Waals surface area contributed by atoms with E-state index in [1.165, 1.54) is 19.4 Å². The predicted molar refractivity (Wildman–Crippen MR) is 72.8 cm³/mol. The molecule has 1 atom stereocenters. The maximum absolute atomic E-state index is 4.69. The lowest BCUT2D eigenvalue weighted by Crippen LogP contribution is -2.59. The second-order valence-corrected chi connectivity index (χ2v) is 5.93. The molecule has 0 aliphatic carbocycles. The van der Waals surface area contributed by atoms with Gasteiger partial charge in [-0.3, -0.25) is 4.90 Å². The third-order valence-corrected chi connectivity index (χ3v) is 4.94. The van der Waals surface area contributed by atoms with Crippen molar-refractivity contribution >= 4 is 17.6 Å². The van der Waals surface area contributed by atoms with Crippen LogP contribution in [0.1, 0.15) is 12.8 Å². The van der Waals surface area contributed by atoms with Crippen LogP contribution in [0.5, 0.6) is 0 Å². The summed E-state index contributed by atoms with van der Waals surface area (Å²) in [5, 5.41) is 1.12. The molecule has 92 valence electrons. The van der Waals surface area contributed by atoms with Gasteiger partial charge in [0.2, 0.25) is 0 Å². The molecule has 0 saturated carbocycles. The molecule has 0 N–H and O–H groups in total. The maximum atomic E-state index is 4.69. The van der Waals surface area contributed by atoms with Crippen LogP contribution >= 0.6 is 11.8 Å². The van der Waals surface area contributed by atoms with E-state index in [1.54, 1.807) is 11.8 Å². The first-order valence-electron chi connectivity index (χ1n) is 6.21. The average Bonchev–Trinajstić information content (AvgIpc) is 2.85. The summed E-state index contributed by atoms with van der Waals surface area (Å²) in [5.41, 5.74) is 0.455. The van der Waals surface area contributed by atoms with E-state index in [4.69, 9.17) is 4.98 Å². The third kappa shape index (κ3) is 1.83. The van der Waals surface area contributed by atoms with Gasteiger partial charge in [0.05, 0.1) is 5.03 Å². The summed E-state index contributed by atoms with van der Waals surface area (Å²) in [6, 6.07) is 6.33. The van der Waals surface area contributed by atoms with Gasteiger partial charge in [-0.05, 0) is 38.3 Å². The second-order valence-electron chi connectivity index (χ2n) is 5.11. The van der Waals surface area contributed by atoms with Gasteiger partial charge < -0.3 is 4.90 Å². The molecule has 2 fully saturated rings. The van der Waals surface area contributed by atoms with Gasteiger partial charge in [-0.2, -0.15) is 0 Å². The van der Waals surface area contributed by atoms with E-state index in [-0.39, 0.29) is 0 Å². The van der Waals surface area contributed by atoms with Crippen molar-refractivity contribution < 1.29 is 0 Å². The van der Waals surface area contributed by atoms with Gasteiger partial charge >= 0.3 is 0 Å². The Balaban J connectivity index is 1.77. The fourth-order valence-corrected chi connectivity index (χ4v) is 3.31. The largest absolute Gasteiger partial charge is 0.355 e. The van der Waals surface area contributed by atoms with Gasteiger partial charge in [0.25, 0.3) is 0 Å². The Morgan fingerprint density at radius 1 is 1.29 bits per heavy atom. The molecule has 0 aromatic carbocycles. The number of anilines is 1. The number of rotatable bonds is 2. The SMILES string of the molecule is CSc1cccc(N2CCC3(CCN3C)C2)n1. The van der Waals surface area contributed by atoms with Gasteiger partial charge in [-0.1, -0.05) is 6.07 Å². The lowest BCUT2D eigenvalue weighted by molar-refractivity contribution is 0.0307. The number of nitrogens with zero attached hydrogens (tertiary/aromatic N) is 3. The molecule has 1 spiro atoms. The van der Waals surface area contributed by atoms with Crippen molar-refractivity contribution in [3.8, 4) is 0 Å². The number of likely N-dealkylation sites (N-methyl/N-ethyl adjacent to an activating group) is 1. The van der Waals surface area contributed by atoms with Crippen molar-refractivity contribution in [1.82, 2.24) is 9.88 Å². The highest BCUT2D eigenvalue weighted by Crippen LogP contribution is 2.39. The normalized spacial score (nSPS) is 28.7. The summed E-state index contributed by atoms with van der Waals surface area (Å²) < 4.78 is 0. The van der Waals surface area contributed by atoms with E-state index in [0.29, 0.717) is 5.54 Å². The molecule has 0 amide bonds. The molecular weight excluding hydrogens is 230 g/mol. The Morgan fingerprint density at radius 2 is 2.12 bits per heavy atom. The van der Waals surface area contributed by atoms with Crippen LogP contribution in [0.4, 0.5) is 5.82 Å². The lowest BCUT2D eigenvalue weighted by atomic mass is 9.85. The fraction of sp³-hybridized carbons (Fsp3) is 0.615. The van der Waals surface area contributed by atoms with E-state index in [2.05, 4.69) is 41.3 Å². The number of thioether (sulfide) groups is 1. The molecule has 1 unspecified atom stereocenters. The van der Waals surface area contributed by atoms with E-state index < -0.39 is 0 Å². The van der Waals surface area contributed by atoms with E-state index in [0.717, 1.165) is 23.9 Å². The van der Waals surface area contributed by atoms with Crippen LogP contribution < -0.4 is 4.90 Å². The molecule has 2 aliphatic heterocycles. The highest BCUT2D eigenvalue weighted by molar-refractivity contribution is 7.98. The number of likely N-dealkylation sites (tertiary alicyclic amines) is 1. The minimum Gasteiger partial charge on any atom is -0.355 e. The zero-order valence-electron chi connectivity index (χ0n) is 10.5. The monoisotopic (exact) mass is 249 g/mol. The van der Waals surface area contributed by atoms with Gasteiger partial charge in [0, 0.05) is 25.2 Å². The van der Waals surface area contributed by atoms with Crippen molar-refractivity contribution in [1.29, 1.82) is 0 Å². The molecule has 3 rings (SSSR count). The summed E-state index contributed by atoms with van der Waals surface area (Å²) in [5.74, 6) is 1.15. The molecule has 17 heavy (non-hydrogen) atoms. The van der Waals surface area contributed by atoms with Crippen LogP contribution in [-0.4, -0.2) is 48.4 Å². The van der Waals surface area contributed by atoms with Gasteiger partial charge in [-0.15, -0.1) is 11.8 Å². The minimum absolute atomic E-state index is 0.455. The maximum Gasteiger partial charge on any atom is 0.129 e. The third-order valence-electron chi connectivity index (χ3n) is 4.30. The Bertz CT molecular complexity index is 423. The molecule has 4 heteroatoms. The van der Waals surface area contributed by atoms with Crippen molar-refractivity contribution in [3.05, 3.63) is 18.2 Å². The van der Waals surface area contributed by atoms with Crippen molar-refractivity contribution in [2.45, 2.75) is 23.4 Å². The van der Waals surface area contributed by atoms with Crippen molar-refractivity contribution in [2.24, 2.45) is 0 Å². The van der Waals surface area contributed by atoms with Crippen LogP contribution in [0.3, 0.4) is 0 Å². The quantitative estimate of drug-likeness (QED) is 0.747. The first-order valence-corrected chi connectivity index (χ1v) is 7.43. The van der Waals surface area contributed by atoms with Gasteiger partial charge in [0.15, 0.2) is 0 Å². The highest BCUT2D eigenvalue weighted by Gasteiger charge is 2.47. The minimum atomic E-state index is 0.455. The molecule has 2 saturated heterocycles. The molecule has 3 heterocycles. The van der Waals surface area contributed by atoms with Crippen LogP contribution in [0.25, 0.3) is 0 Å². The molecule has 1 aromatic heterocycles. The zero-order valence-corrected chi connectivity index (χ0v) is 11.3. The smallest absolute Gasteiger partial charge is 0.129 e. The Kier molecular flexibility index (Phi) is 2.79. The van der Waals surface area contributed by atoms with Gasteiger partial charge in [-0.25, -0.2) is 4.98 Å². The van der Waals surface area contributed by atoms with E-state index in [9.17, 15) is 0 Å². The molecule has 3 nitrogen and oxygen atoms in total. The molecule has 1 aromatic rings. The molecule has 0 bridgehead atoms. The highest BCUT2D eigenvalue weighted by atomic mass is 32.2. The Labute approximate surface area is 107 Å². The Morgan fingerprint density at radius 3 is 2.71 bits per heavy atom. The van der Waals surface area contributed by atoms with E-state index in [1.807, 2.05) is 0 Å². The number of aromatic nitrogens is 1. The number of hydrogen-bond acceptors (Lipinski definition) is 4. The zero-order chi connectivity index (χ0) is 11.9. The topological polar surface area (TPSA) is 19.4 Å². The predicted octanol–water partition coefficient (Wildman–Crippen LogP) is 2.09. The average molecular weight is 249 g/mol. The van der Waals surface area contributed by atoms with Gasteiger partial charge in [0.1, 0.15) is 5.82 Å². The molecular formula is C13H19N3S. The Hall–Kier alpha value is -0.740. The summed E-state index contributed by atoms with van der Waals surface area (Å²) in [4.78, 5) is 9.64. The van der Waals surface area contributed by atoms with Crippen LogP contribution in [0, 0.1) is 0 Å². The second kappa shape index (κ2) is 4.18. The van der Waals surface area contributed by atoms with Crippen LogP contribution in [0.2, 0.25) is 0 Å². The summed E-state index contributed by atoms with van der Waals surface area (Å²) in [6.45, 7) is 3.55. The summed E-state index contributed by atoms with van der Waals surface area (Å²) >= 11 is 1.71. The number of hydrogen-bond donors (Lipinski definition) is 0. The van der Waals surface area contributed by atoms with E-state index >= 15 is 0 Å². The first-order chi connectivity index (χ1) is 8.23. The molecule has 2 aliphatic rings. The van der Waals surface area contributed by atoms with Crippen molar-refractivity contribution in [3.63, 3.8) is 0 Å².